The van der Waals surface area contributed by atoms with Crippen molar-refractivity contribution in [1.29, 1.82) is 0 Å². The van der Waals surface area contributed by atoms with Crippen LogP contribution >= 0.6 is 0 Å². The molecule has 1 amide bonds. The second-order valence-electron chi connectivity index (χ2n) is 5.12. The molecule has 20 heavy (non-hydrogen) atoms. The minimum Gasteiger partial charge on any atom is -0.351 e. The van der Waals surface area contributed by atoms with Crippen molar-refractivity contribution in [3.63, 3.8) is 0 Å². The van der Waals surface area contributed by atoms with Crippen LogP contribution in [0.25, 0.3) is 0 Å². The highest BCUT2D eigenvalue weighted by atomic mass is 32.2. The van der Waals surface area contributed by atoms with Crippen molar-refractivity contribution in [2.75, 3.05) is 18.8 Å². The zero-order chi connectivity index (χ0) is 14.6. The molecule has 1 aliphatic heterocycles. The average molecular weight is 296 g/mol. The molecule has 1 aromatic carbocycles. The van der Waals surface area contributed by atoms with Gasteiger partial charge < -0.3 is 5.32 Å². The Morgan fingerprint density at radius 2 is 1.95 bits per heavy atom. The number of amides is 1. The maximum absolute atomic E-state index is 11.8. The number of rotatable bonds is 4. The van der Waals surface area contributed by atoms with Crippen LogP contribution in [-0.4, -0.2) is 37.5 Å². The molecule has 1 aliphatic rings. The third kappa shape index (κ3) is 4.05. The number of benzene rings is 1. The van der Waals surface area contributed by atoms with Gasteiger partial charge in [0, 0.05) is 13.1 Å². The zero-order valence-electron chi connectivity index (χ0n) is 11.6. The van der Waals surface area contributed by atoms with Crippen LogP contribution in [-0.2, 0) is 21.4 Å². The highest BCUT2D eigenvalue weighted by Crippen LogP contribution is 2.12. The van der Waals surface area contributed by atoms with Gasteiger partial charge in [-0.15, -0.1) is 0 Å². The number of hydrogen-bond donors (Lipinski definition) is 1. The number of sulfonamides is 1. The van der Waals surface area contributed by atoms with E-state index in [9.17, 15) is 13.2 Å². The summed E-state index contributed by atoms with van der Waals surface area (Å²) < 4.78 is 24.8. The molecule has 1 N–H and O–H groups in total. The molecule has 0 saturated carbocycles. The molecule has 0 aliphatic carbocycles. The summed E-state index contributed by atoms with van der Waals surface area (Å²) in [7, 11) is -3.23. The van der Waals surface area contributed by atoms with Gasteiger partial charge in [-0.2, -0.15) is 4.31 Å². The van der Waals surface area contributed by atoms with E-state index in [2.05, 4.69) is 5.32 Å². The summed E-state index contributed by atoms with van der Waals surface area (Å²) in [4.78, 5) is 11.8. The molecule has 6 heteroatoms. The second kappa shape index (κ2) is 6.37. The first-order valence-electron chi connectivity index (χ1n) is 6.77. The Hall–Kier alpha value is -1.40. The molecule has 1 fully saturated rings. The summed E-state index contributed by atoms with van der Waals surface area (Å²) in [6.45, 7) is 2.80. The van der Waals surface area contributed by atoms with E-state index < -0.39 is 10.0 Å². The monoisotopic (exact) mass is 296 g/mol. The van der Waals surface area contributed by atoms with E-state index in [0.29, 0.717) is 19.5 Å². The van der Waals surface area contributed by atoms with E-state index in [1.807, 2.05) is 31.2 Å². The van der Waals surface area contributed by atoms with Gasteiger partial charge >= 0.3 is 0 Å². The third-order valence-electron chi connectivity index (χ3n) is 3.38. The number of hydrogen-bond acceptors (Lipinski definition) is 3. The maximum Gasteiger partial charge on any atom is 0.235 e. The normalized spacial score (nSPS) is 18.6. The molecule has 0 bridgehead atoms. The van der Waals surface area contributed by atoms with Crippen LogP contribution in [0.1, 0.15) is 24.0 Å². The lowest BCUT2D eigenvalue weighted by Crippen LogP contribution is -2.44. The van der Waals surface area contributed by atoms with Gasteiger partial charge in [0.1, 0.15) is 0 Å². The summed E-state index contributed by atoms with van der Waals surface area (Å²) in [5, 5.41) is 2.76. The Balaban J connectivity index is 1.85. The summed E-state index contributed by atoms with van der Waals surface area (Å²) >= 11 is 0. The molecule has 1 heterocycles. The molecule has 1 saturated heterocycles. The third-order valence-corrected chi connectivity index (χ3v) is 5.29. The van der Waals surface area contributed by atoms with E-state index in [4.69, 9.17) is 0 Å². The topological polar surface area (TPSA) is 66.5 Å². The molecule has 0 unspecified atom stereocenters. The fourth-order valence-corrected chi connectivity index (χ4v) is 3.69. The number of carbonyl (C=O) groups is 1. The van der Waals surface area contributed by atoms with Gasteiger partial charge in [0.05, 0.1) is 12.3 Å². The Morgan fingerprint density at radius 3 is 2.60 bits per heavy atom. The molecular weight excluding hydrogens is 276 g/mol. The molecule has 2 rings (SSSR count). The van der Waals surface area contributed by atoms with Gasteiger partial charge in [0.2, 0.25) is 15.9 Å². The van der Waals surface area contributed by atoms with Crippen molar-refractivity contribution in [3.05, 3.63) is 35.4 Å². The lowest BCUT2D eigenvalue weighted by atomic mass is 10.1. The SMILES string of the molecule is Cc1ccc(CNC(=O)CN2CCCCS2(=O)=O)cc1. The highest BCUT2D eigenvalue weighted by Gasteiger charge is 2.27. The minimum absolute atomic E-state index is 0.0752. The van der Waals surface area contributed by atoms with E-state index in [0.717, 1.165) is 12.0 Å². The molecule has 0 aromatic heterocycles. The Labute approximate surface area is 120 Å². The molecule has 0 spiro atoms. The maximum atomic E-state index is 11.8. The molecule has 5 nitrogen and oxygen atoms in total. The van der Waals surface area contributed by atoms with Crippen LogP contribution in [0, 0.1) is 6.92 Å². The summed E-state index contributed by atoms with van der Waals surface area (Å²) in [6, 6.07) is 7.87. The zero-order valence-corrected chi connectivity index (χ0v) is 12.4. The Morgan fingerprint density at radius 1 is 1.25 bits per heavy atom. The molecule has 0 radical (unpaired) electrons. The van der Waals surface area contributed by atoms with Crippen molar-refractivity contribution in [1.82, 2.24) is 9.62 Å². The van der Waals surface area contributed by atoms with Crippen LogP contribution in [0.4, 0.5) is 0 Å². The lowest BCUT2D eigenvalue weighted by Gasteiger charge is -2.25. The van der Waals surface area contributed by atoms with Crippen molar-refractivity contribution in [2.24, 2.45) is 0 Å². The van der Waals surface area contributed by atoms with Crippen molar-refractivity contribution >= 4 is 15.9 Å². The van der Waals surface area contributed by atoms with Crippen LogP contribution in [0.5, 0.6) is 0 Å². The molecule has 0 atom stereocenters. The van der Waals surface area contributed by atoms with E-state index >= 15 is 0 Å². The van der Waals surface area contributed by atoms with Crippen LogP contribution in [0.15, 0.2) is 24.3 Å². The summed E-state index contributed by atoms with van der Waals surface area (Å²) in [6.07, 6.45) is 1.51. The summed E-state index contributed by atoms with van der Waals surface area (Å²) in [5.41, 5.74) is 2.17. The number of aryl methyl sites for hydroxylation is 1. The number of carbonyl (C=O) groups excluding carboxylic acids is 1. The van der Waals surface area contributed by atoms with E-state index in [1.165, 1.54) is 9.87 Å². The number of nitrogens with one attached hydrogen (secondary N) is 1. The molecular formula is C14H20N2O3S. The average Bonchev–Trinajstić information content (AvgIpc) is 2.40. The predicted octanol–water partition coefficient (Wildman–Crippen LogP) is 1.04. The van der Waals surface area contributed by atoms with Crippen molar-refractivity contribution < 1.29 is 13.2 Å². The van der Waals surface area contributed by atoms with Crippen LogP contribution in [0.2, 0.25) is 0 Å². The van der Waals surface area contributed by atoms with Gasteiger partial charge in [-0.1, -0.05) is 29.8 Å². The fraction of sp³-hybridized carbons (Fsp3) is 0.500. The second-order valence-corrected chi connectivity index (χ2v) is 7.21. The van der Waals surface area contributed by atoms with Gasteiger partial charge in [-0.3, -0.25) is 4.79 Å². The van der Waals surface area contributed by atoms with Crippen molar-refractivity contribution in [2.45, 2.75) is 26.3 Å². The largest absolute Gasteiger partial charge is 0.351 e. The Kier molecular flexibility index (Phi) is 4.77. The van der Waals surface area contributed by atoms with Crippen molar-refractivity contribution in [3.8, 4) is 0 Å². The minimum atomic E-state index is -3.23. The van der Waals surface area contributed by atoms with Gasteiger partial charge in [0.25, 0.3) is 0 Å². The van der Waals surface area contributed by atoms with E-state index in [1.54, 1.807) is 0 Å². The van der Waals surface area contributed by atoms with Gasteiger partial charge in [0.15, 0.2) is 0 Å². The highest BCUT2D eigenvalue weighted by molar-refractivity contribution is 7.89. The fourth-order valence-electron chi connectivity index (χ4n) is 2.14. The molecule has 110 valence electrons. The quantitative estimate of drug-likeness (QED) is 0.902. The van der Waals surface area contributed by atoms with Crippen LogP contribution < -0.4 is 5.32 Å². The number of nitrogens with zero attached hydrogens (tertiary/aromatic N) is 1. The molecule has 1 aromatic rings. The first-order valence-corrected chi connectivity index (χ1v) is 8.38. The standard InChI is InChI=1S/C14H20N2O3S/c1-12-4-6-13(7-5-12)10-15-14(17)11-16-8-2-3-9-20(16,18)19/h4-7H,2-3,8-11H2,1H3,(H,15,17). The van der Waals surface area contributed by atoms with Gasteiger partial charge in [-0.05, 0) is 25.3 Å². The Bertz CT molecular complexity index is 567. The van der Waals surface area contributed by atoms with Crippen LogP contribution in [0.3, 0.4) is 0 Å². The first-order chi connectivity index (χ1) is 9.47. The lowest BCUT2D eigenvalue weighted by molar-refractivity contribution is -0.121. The predicted molar refractivity (Wildman–Crippen MR) is 77.6 cm³/mol. The first kappa shape index (κ1) is 15.0. The summed E-state index contributed by atoms with van der Waals surface area (Å²) in [5.74, 6) is -0.103. The van der Waals surface area contributed by atoms with E-state index in [-0.39, 0.29) is 18.2 Å². The smallest absolute Gasteiger partial charge is 0.235 e. The van der Waals surface area contributed by atoms with Gasteiger partial charge in [-0.25, -0.2) is 8.42 Å².